The topological polar surface area (TPSA) is 37.3 Å². The molecule has 0 radical (unpaired) electrons. The number of aliphatic hydroxyl groups is 1. The van der Waals surface area contributed by atoms with E-state index in [1.165, 1.54) is 0 Å². The van der Waals surface area contributed by atoms with E-state index in [-0.39, 0.29) is 17.4 Å². The summed E-state index contributed by atoms with van der Waals surface area (Å²) >= 11 is 0. The predicted molar refractivity (Wildman–Crippen MR) is 64.0 cm³/mol. The van der Waals surface area contributed by atoms with Crippen molar-refractivity contribution in [1.82, 2.24) is 0 Å². The Bertz CT molecular complexity index is 332. The second kappa shape index (κ2) is 3.99. The van der Waals surface area contributed by atoms with E-state index in [0.717, 1.165) is 31.3 Å². The van der Waals surface area contributed by atoms with Gasteiger partial charge in [0, 0.05) is 5.41 Å². The van der Waals surface area contributed by atoms with Gasteiger partial charge in [0.05, 0.1) is 6.10 Å². The van der Waals surface area contributed by atoms with Gasteiger partial charge in [0.2, 0.25) is 0 Å². The van der Waals surface area contributed by atoms with Crippen LogP contribution in [0.3, 0.4) is 0 Å². The first kappa shape index (κ1) is 11.8. The van der Waals surface area contributed by atoms with Crippen LogP contribution in [0.5, 0.6) is 0 Å². The molecule has 16 heavy (non-hydrogen) atoms. The zero-order valence-corrected chi connectivity index (χ0v) is 10.5. The average Bonchev–Trinajstić information content (AvgIpc) is 2.27. The lowest BCUT2D eigenvalue weighted by Gasteiger charge is -2.49. The Morgan fingerprint density at radius 3 is 2.75 bits per heavy atom. The highest BCUT2D eigenvalue weighted by molar-refractivity contribution is 6.00. The predicted octanol–water partition coefficient (Wildman–Crippen LogP) is 2.71. The molecule has 0 aromatic rings. The van der Waals surface area contributed by atoms with Crippen molar-refractivity contribution in [2.45, 2.75) is 52.6 Å². The van der Waals surface area contributed by atoms with Crippen molar-refractivity contribution in [3.05, 3.63) is 11.6 Å². The Morgan fingerprint density at radius 2 is 2.12 bits per heavy atom. The number of Topliss-reactive ketones (excluding diaryl/α,β-unsaturated/α-hetero) is 1. The molecular weight excluding hydrogens is 200 g/mol. The fourth-order valence-corrected chi connectivity index (χ4v) is 3.67. The summed E-state index contributed by atoms with van der Waals surface area (Å²) < 4.78 is 0. The first-order valence-corrected chi connectivity index (χ1v) is 6.38. The van der Waals surface area contributed by atoms with Crippen LogP contribution in [0.1, 0.15) is 46.5 Å². The number of allylic oxidation sites excluding steroid dienone is 2. The maximum Gasteiger partial charge on any atom is 0.164 e. The molecule has 0 amide bonds. The van der Waals surface area contributed by atoms with Crippen molar-refractivity contribution >= 4 is 5.78 Å². The molecule has 2 heteroatoms. The van der Waals surface area contributed by atoms with Gasteiger partial charge in [-0.1, -0.05) is 19.9 Å². The molecule has 2 saturated carbocycles. The molecule has 0 aromatic heterocycles. The minimum atomic E-state index is -0.210. The molecule has 2 unspecified atom stereocenters. The number of hydrogen-bond acceptors (Lipinski definition) is 2. The Labute approximate surface area is 97.7 Å². The van der Waals surface area contributed by atoms with Crippen LogP contribution in [0.15, 0.2) is 11.6 Å². The summed E-state index contributed by atoms with van der Waals surface area (Å²) in [6.07, 6.45) is 5.33. The van der Waals surface area contributed by atoms with Crippen LogP contribution in [0.2, 0.25) is 0 Å². The number of hydrogen-bond donors (Lipinski definition) is 1. The molecule has 0 aliphatic heterocycles. The molecule has 0 heterocycles. The summed E-state index contributed by atoms with van der Waals surface area (Å²) in [7, 11) is 0. The number of aliphatic hydroxyl groups excluding tert-OH is 1. The minimum Gasteiger partial charge on any atom is -0.393 e. The first-order valence-electron chi connectivity index (χ1n) is 6.38. The fourth-order valence-electron chi connectivity index (χ4n) is 3.67. The van der Waals surface area contributed by atoms with Gasteiger partial charge in [-0.05, 0) is 50.0 Å². The Hall–Kier alpha value is -0.630. The molecule has 2 fully saturated rings. The van der Waals surface area contributed by atoms with Crippen LogP contribution in [0.25, 0.3) is 0 Å². The second-order valence-corrected chi connectivity index (χ2v) is 5.67. The summed E-state index contributed by atoms with van der Waals surface area (Å²) in [6, 6.07) is 0. The highest BCUT2D eigenvalue weighted by Crippen LogP contribution is 2.51. The zero-order chi connectivity index (χ0) is 11.9. The van der Waals surface area contributed by atoms with Gasteiger partial charge in [-0.15, -0.1) is 0 Å². The van der Waals surface area contributed by atoms with Crippen LogP contribution in [0, 0.1) is 17.3 Å². The van der Waals surface area contributed by atoms with Gasteiger partial charge in [-0.25, -0.2) is 0 Å². The third-order valence-electron chi connectivity index (χ3n) is 4.90. The van der Waals surface area contributed by atoms with Gasteiger partial charge in [0.15, 0.2) is 5.78 Å². The quantitative estimate of drug-likeness (QED) is 0.640. The minimum absolute atomic E-state index is 0.210. The molecule has 2 aliphatic rings. The van der Waals surface area contributed by atoms with Gasteiger partial charge in [-0.2, -0.15) is 0 Å². The Kier molecular flexibility index (Phi) is 2.95. The lowest BCUT2D eigenvalue weighted by atomic mass is 9.55. The van der Waals surface area contributed by atoms with E-state index in [4.69, 9.17) is 0 Å². The van der Waals surface area contributed by atoms with Crippen molar-refractivity contribution in [3.8, 4) is 0 Å². The largest absolute Gasteiger partial charge is 0.393 e. The summed E-state index contributed by atoms with van der Waals surface area (Å²) in [6.45, 7) is 6.16. The normalized spacial score (nSPS) is 46.9. The van der Waals surface area contributed by atoms with Gasteiger partial charge in [-0.3, -0.25) is 4.79 Å². The molecule has 1 N–H and O–H groups in total. The molecule has 2 nitrogen and oxygen atoms in total. The number of fused-ring (bicyclic) bond motifs is 1. The van der Waals surface area contributed by atoms with E-state index >= 15 is 0 Å². The number of ketones is 1. The van der Waals surface area contributed by atoms with Crippen molar-refractivity contribution < 1.29 is 9.90 Å². The molecule has 0 spiro atoms. The first-order chi connectivity index (χ1) is 7.50. The summed E-state index contributed by atoms with van der Waals surface area (Å²) in [5, 5.41) is 9.91. The molecule has 2 rings (SSSR count). The smallest absolute Gasteiger partial charge is 0.164 e. The van der Waals surface area contributed by atoms with Crippen LogP contribution in [-0.4, -0.2) is 17.0 Å². The molecule has 90 valence electrons. The zero-order valence-electron chi connectivity index (χ0n) is 10.5. The van der Waals surface area contributed by atoms with Crippen molar-refractivity contribution in [2.24, 2.45) is 17.3 Å². The van der Waals surface area contributed by atoms with E-state index in [1.807, 2.05) is 13.0 Å². The van der Waals surface area contributed by atoms with E-state index in [1.54, 1.807) is 0 Å². The van der Waals surface area contributed by atoms with Crippen molar-refractivity contribution in [2.75, 3.05) is 0 Å². The van der Waals surface area contributed by atoms with Crippen LogP contribution in [0.4, 0.5) is 0 Å². The van der Waals surface area contributed by atoms with Crippen LogP contribution < -0.4 is 0 Å². The number of rotatable bonds is 0. The van der Waals surface area contributed by atoms with Crippen molar-refractivity contribution in [3.63, 3.8) is 0 Å². The van der Waals surface area contributed by atoms with Gasteiger partial charge >= 0.3 is 0 Å². The maximum absolute atomic E-state index is 12.4. The summed E-state index contributed by atoms with van der Waals surface area (Å²) in [4.78, 5) is 12.4. The number of carbonyl (C=O) groups excluding carboxylic acids is 1. The Balaban J connectivity index is 2.32. The fraction of sp³-hybridized carbons (Fsp3) is 0.786. The average molecular weight is 222 g/mol. The third-order valence-corrected chi connectivity index (χ3v) is 4.90. The molecule has 0 saturated heterocycles. The molecular formula is C14H22O2. The van der Waals surface area contributed by atoms with Gasteiger partial charge in [0.25, 0.3) is 0 Å². The van der Waals surface area contributed by atoms with E-state index < -0.39 is 0 Å². The Morgan fingerprint density at radius 1 is 1.44 bits per heavy atom. The molecule has 2 aliphatic carbocycles. The molecule has 0 bridgehead atoms. The highest BCUT2D eigenvalue weighted by atomic mass is 16.3. The van der Waals surface area contributed by atoms with E-state index in [9.17, 15) is 9.90 Å². The lowest BCUT2D eigenvalue weighted by Crippen LogP contribution is -2.50. The lowest BCUT2D eigenvalue weighted by molar-refractivity contribution is -0.138. The van der Waals surface area contributed by atoms with Gasteiger partial charge in [0.1, 0.15) is 0 Å². The summed E-state index contributed by atoms with van der Waals surface area (Å²) in [5.74, 6) is 0.971. The van der Waals surface area contributed by atoms with Crippen molar-refractivity contribution in [1.29, 1.82) is 0 Å². The SMILES string of the molecule is C/C=C1\CCC2[C@H](C)C(O)CC[C@]2(C)C1=O. The molecule has 0 aromatic carbocycles. The van der Waals surface area contributed by atoms with Gasteiger partial charge < -0.3 is 5.11 Å². The standard InChI is InChI=1S/C14H22O2/c1-4-10-5-6-11-9(2)12(15)7-8-14(11,3)13(10)16/h4,9,11-12,15H,5-8H2,1-3H3/b10-4+/t9-,11?,12?,14-/m0/s1. The monoisotopic (exact) mass is 222 g/mol. The molecule has 4 atom stereocenters. The summed E-state index contributed by atoms with van der Waals surface area (Å²) in [5.41, 5.74) is 0.793. The van der Waals surface area contributed by atoms with E-state index in [0.29, 0.717) is 11.7 Å². The highest BCUT2D eigenvalue weighted by Gasteiger charge is 2.51. The third kappa shape index (κ3) is 1.55. The van der Waals surface area contributed by atoms with Crippen LogP contribution in [-0.2, 0) is 4.79 Å². The van der Waals surface area contributed by atoms with E-state index in [2.05, 4.69) is 13.8 Å². The number of carbonyl (C=O) groups is 1. The van der Waals surface area contributed by atoms with Crippen LogP contribution >= 0.6 is 0 Å². The maximum atomic E-state index is 12.4. The second-order valence-electron chi connectivity index (χ2n) is 5.67.